The molecule has 1 N–H and O–H groups in total. The zero-order valence-electron chi connectivity index (χ0n) is 10.7. The Morgan fingerprint density at radius 2 is 2.28 bits per heavy atom. The van der Waals surface area contributed by atoms with Crippen molar-refractivity contribution in [1.82, 2.24) is 4.98 Å². The van der Waals surface area contributed by atoms with Crippen LogP contribution in [0.25, 0.3) is 0 Å². The van der Waals surface area contributed by atoms with Crippen LogP contribution in [0.1, 0.15) is 18.9 Å². The Hall–Kier alpha value is -1.50. The van der Waals surface area contributed by atoms with Gasteiger partial charge in [0.25, 0.3) is 0 Å². The van der Waals surface area contributed by atoms with Gasteiger partial charge < -0.3 is 5.32 Å². The molecule has 0 aliphatic heterocycles. The van der Waals surface area contributed by atoms with Crippen molar-refractivity contribution in [3.05, 3.63) is 27.9 Å². The molecule has 0 aliphatic rings. The topological polar surface area (TPSA) is 85.1 Å². The summed E-state index contributed by atoms with van der Waals surface area (Å²) in [4.78, 5) is 14.4. The van der Waals surface area contributed by atoms with E-state index in [1.54, 1.807) is 19.4 Å². The average molecular weight is 271 g/mol. The van der Waals surface area contributed by atoms with Crippen molar-refractivity contribution in [3.63, 3.8) is 0 Å². The summed E-state index contributed by atoms with van der Waals surface area (Å²) in [5, 5.41) is 13.8. The Balaban J connectivity index is 2.67. The van der Waals surface area contributed by atoms with Gasteiger partial charge in [-0.2, -0.15) is 0 Å². The van der Waals surface area contributed by atoms with Crippen molar-refractivity contribution in [1.29, 1.82) is 0 Å². The van der Waals surface area contributed by atoms with E-state index in [9.17, 15) is 14.3 Å². The van der Waals surface area contributed by atoms with E-state index < -0.39 is 15.7 Å². The molecule has 18 heavy (non-hydrogen) atoms. The van der Waals surface area contributed by atoms with Crippen LogP contribution < -0.4 is 5.32 Å². The monoisotopic (exact) mass is 271 g/mol. The Kier molecular flexibility index (Phi) is 5.21. The van der Waals surface area contributed by atoms with E-state index in [4.69, 9.17) is 0 Å². The highest BCUT2D eigenvalue weighted by Crippen LogP contribution is 2.22. The maximum absolute atomic E-state index is 11.2. The second-order valence-electron chi connectivity index (χ2n) is 4.16. The third kappa shape index (κ3) is 4.06. The summed E-state index contributed by atoms with van der Waals surface area (Å²) < 4.78 is 11.2. The summed E-state index contributed by atoms with van der Waals surface area (Å²) in [7, 11) is -0.880. The van der Waals surface area contributed by atoms with Gasteiger partial charge in [0.1, 0.15) is 0 Å². The molecule has 0 radical (unpaired) electrons. The van der Waals surface area contributed by atoms with E-state index in [1.807, 2.05) is 6.92 Å². The lowest BCUT2D eigenvalue weighted by Crippen LogP contribution is -2.15. The van der Waals surface area contributed by atoms with Gasteiger partial charge in [-0.3, -0.25) is 14.3 Å². The highest BCUT2D eigenvalue weighted by molar-refractivity contribution is 7.84. The van der Waals surface area contributed by atoms with Gasteiger partial charge >= 0.3 is 5.69 Å². The molecule has 1 heterocycles. The Morgan fingerprint density at radius 3 is 2.83 bits per heavy atom. The van der Waals surface area contributed by atoms with Gasteiger partial charge in [0.15, 0.2) is 0 Å². The summed E-state index contributed by atoms with van der Waals surface area (Å²) in [6, 6.07) is 1.48. The number of hydrogen-bond acceptors (Lipinski definition) is 5. The number of nitrogens with zero attached hydrogens (tertiary/aromatic N) is 2. The van der Waals surface area contributed by atoms with Crippen LogP contribution in [0.3, 0.4) is 0 Å². The first-order valence-electron chi connectivity index (χ1n) is 5.59. The predicted octanol–water partition coefficient (Wildman–Crippen LogP) is 1.87. The molecular formula is C11H17N3O3S. The van der Waals surface area contributed by atoms with Crippen LogP contribution in [-0.2, 0) is 10.8 Å². The summed E-state index contributed by atoms with van der Waals surface area (Å²) in [5.41, 5.74) is 0.718. The van der Waals surface area contributed by atoms with Gasteiger partial charge in [-0.1, -0.05) is 6.92 Å². The fourth-order valence-corrected chi connectivity index (χ4v) is 1.84. The molecule has 1 aromatic rings. The van der Waals surface area contributed by atoms with Crippen LogP contribution in [0.2, 0.25) is 0 Å². The summed E-state index contributed by atoms with van der Waals surface area (Å²) >= 11 is 0. The molecule has 0 aromatic carbocycles. The molecule has 0 fully saturated rings. The number of hydrogen-bond donors (Lipinski definition) is 1. The molecule has 2 atom stereocenters. The van der Waals surface area contributed by atoms with Crippen LogP contribution in [0, 0.1) is 17.0 Å². The van der Waals surface area contributed by atoms with Crippen LogP contribution in [0.5, 0.6) is 0 Å². The first kappa shape index (κ1) is 14.6. The van der Waals surface area contributed by atoms with Crippen molar-refractivity contribution in [3.8, 4) is 0 Å². The van der Waals surface area contributed by atoms with Crippen molar-refractivity contribution in [2.45, 2.75) is 25.5 Å². The second kappa shape index (κ2) is 6.44. The van der Waals surface area contributed by atoms with Crippen molar-refractivity contribution in [2.24, 2.45) is 0 Å². The van der Waals surface area contributed by atoms with Crippen molar-refractivity contribution in [2.75, 3.05) is 18.1 Å². The third-order valence-electron chi connectivity index (χ3n) is 2.61. The summed E-state index contributed by atoms with van der Waals surface area (Å²) in [6.45, 7) is 4.15. The fourth-order valence-electron chi connectivity index (χ4n) is 1.39. The largest absolute Gasteiger partial charge is 0.364 e. The van der Waals surface area contributed by atoms with E-state index >= 15 is 0 Å². The number of anilines is 1. The molecule has 1 rings (SSSR count). The zero-order chi connectivity index (χ0) is 13.7. The standard InChI is InChI=1S/C11H17N3O3S/c1-8-6-10(14(15)16)11(13-7-8)12-5-4-9(2)18(3)17/h6-7,9H,4-5H2,1-3H3,(H,12,13). The Morgan fingerprint density at radius 1 is 1.61 bits per heavy atom. The summed E-state index contributed by atoms with van der Waals surface area (Å²) in [5.74, 6) is 0.264. The SMILES string of the molecule is Cc1cnc(NCCC(C)S(C)=O)c([N+](=O)[O-])c1. The molecule has 0 amide bonds. The molecule has 0 saturated heterocycles. The van der Waals surface area contributed by atoms with Crippen molar-refractivity contribution < 1.29 is 9.13 Å². The lowest BCUT2D eigenvalue weighted by Gasteiger charge is -2.10. The van der Waals surface area contributed by atoms with Crippen LogP contribution in [0.4, 0.5) is 11.5 Å². The minimum Gasteiger partial charge on any atom is -0.364 e. The molecule has 7 heteroatoms. The Labute approximate surface area is 108 Å². The first-order chi connectivity index (χ1) is 8.41. The number of pyridine rings is 1. The lowest BCUT2D eigenvalue weighted by atomic mass is 10.2. The molecular weight excluding hydrogens is 254 g/mol. The molecule has 0 saturated carbocycles. The first-order valence-corrected chi connectivity index (χ1v) is 7.21. The molecule has 1 aromatic heterocycles. The number of nitrogens with one attached hydrogen (secondary N) is 1. The fraction of sp³-hybridized carbons (Fsp3) is 0.545. The van der Waals surface area contributed by atoms with Gasteiger partial charge in [0.05, 0.1) is 4.92 Å². The predicted molar refractivity (Wildman–Crippen MR) is 72.3 cm³/mol. The highest BCUT2D eigenvalue weighted by atomic mass is 32.2. The third-order valence-corrected chi connectivity index (χ3v) is 3.98. The molecule has 6 nitrogen and oxygen atoms in total. The van der Waals surface area contributed by atoms with Gasteiger partial charge in [0, 0.05) is 41.1 Å². The number of aromatic nitrogens is 1. The van der Waals surface area contributed by atoms with Crippen LogP contribution in [0.15, 0.2) is 12.3 Å². The number of rotatable bonds is 6. The zero-order valence-corrected chi connectivity index (χ0v) is 11.5. The van der Waals surface area contributed by atoms with Crippen LogP contribution in [-0.4, -0.2) is 32.2 Å². The number of aryl methyl sites for hydroxylation is 1. The van der Waals surface area contributed by atoms with E-state index in [1.165, 1.54) is 6.07 Å². The number of nitro groups is 1. The van der Waals surface area contributed by atoms with E-state index in [0.717, 1.165) is 5.56 Å². The maximum atomic E-state index is 11.2. The second-order valence-corrected chi connectivity index (χ2v) is 5.96. The molecule has 0 bridgehead atoms. The molecule has 0 aliphatic carbocycles. The lowest BCUT2D eigenvalue weighted by molar-refractivity contribution is -0.384. The highest BCUT2D eigenvalue weighted by Gasteiger charge is 2.15. The smallest absolute Gasteiger partial charge is 0.311 e. The average Bonchev–Trinajstić information content (AvgIpc) is 2.30. The van der Waals surface area contributed by atoms with Gasteiger partial charge in [-0.15, -0.1) is 0 Å². The summed E-state index contributed by atoms with van der Waals surface area (Å²) in [6.07, 6.45) is 3.91. The van der Waals surface area contributed by atoms with Gasteiger partial charge in [-0.05, 0) is 18.9 Å². The van der Waals surface area contributed by atoms with E-state index in [-0.39, 0.29) is 16.8 Å². The van der Waals surface area contributed by atoms with E-state index in [0.29, 0.717) is 13.0 Å². The minimum absolute atomic E-state index is 0.0275. The van der Waals surface area contributed by atoms with Crippen molar-refractivity contribution >= 4 is 22.3 Å². The molecule has 2 unspecified atom stereocenters. The quantitative estimate of drug-likeness (QED) is 0.630. The van der Waals surface area contributed by atoms with Crippen LogP contribution >= 0.6 is 0 Å². The minimum atomic E-state index is -0.880. The normalized spacial score (nSPS) is 13.9. The van der Waals surface area contributed by atoms with E-state index in [2.05, 4.69) is 10.3 Å². The molecule has 100 valence electrons. The van der Waals surface area contributed by atoms with Gasteiger partial charge in [-0.25, -0.2) is 4.98 Å². The Bertz CT molecular complexity index is 465. The van der Waals surface area contributed by atoms with Gasteiger partial charge in [0.2, 0.25) is 5.82 Å². The molecule has 0 spiro atoms. The maximum Gasteiger partial charge on any atom is 0.311 e.